The lowest BCUT2D eigenvalue weighted by molar-refractivity contribution is -0.122. The van der Waals surface area contributed by atoms with Gasteiger partial charge < -0.3 is 10.2 Å². The summed E-state index contributed by atoms with van der Waals surface area (Å²) in [4.78, 5) is 18.6. The quantitative estimate of drug-likeness (QED) is 0.777. The maximum atomic E-state index is 12.3. The van der Waals surface area contributed by atoms with Crippen LogP contribution in [0.3, 0.4) is 0 Å². The standard InChI is InChI=1S/C22H31N3OS/c1-17(2)16-21(26)23-18(3)22(20-10-7-15-27-20)25-13-11-24(12-14-25)19-8-5-4-6-9-19/h4-10,15,17-18,22H,11-14,16H2,1-3H3,(H,23,26). The summed E-state index contributed by atoms with van der Waals surface area (Å²) in [6.45, 7) is 10.3. The minimum Gasteiger partial charge on any atom is -0.369 e. The van der Waals surface area contributed by atoms with E-state index in [0.717, 1.165) is 26.2 Å². The highest BCUT2D eigenvalue weighted by Crippen LogP contribution is 2.30. The van der Waals surface area contributed by atoms with E-state index < -0.39 is 0 Å². The minimum absolute atomic E-state index is 0.0955. The molecule has 2 heterocycles. The number of para-hydroxylation sites is 1. The highest BCUT2D eigenvalue weighted by atomic mass is 32.1. The molecule has 2 atom stereocenters. The number of thiophene rings is 1. The van der Waals surface area contributed by atoms with Gasteiger partial charge in [-0.05, 0) is 36.4 Å². The number of anilines is 1. The van der Waals surface area contributed by atoms with E-state index in [1.807, 2.05) is 0 Å². The van der Waals surface area contributed by atoms with Gasteiger partial charge in [0, 0.05) is 49.2 Å². The Morgan fingerprint density at radius 2 is 1.74 bits per heavy atom. The van der Waals surface area contributed by atoms with Crippen LogP contribution in [0, 0.1) is 5.92 Å². The molecule has 2 aromatic rings. The van der Waals surface area contributed by atoms with Crippen LogP contribution in [0.4, 0.5) is 5.69 Å². The fraction of sp³-hybridized carbons (Fsp3) is 0.500. The summed E-state index contributed by atoms with van der Waals surface area (Å²) in [5.41, 5.74) is 1.29. The van der Waals surface area contributed by atoms with Gasteiger partial charge in [-0.3, -0.25) is 9.69 Å². The third-order valence-corrected chi connectivity index (χ3v) is 6.06. The summed E-state index contributed by atoms with van der Waals surface area (Å²) in [6.07, 6.45) is 0.587. The van der Waals surface area contributed by atoms with Crippen molar-refractivity contribution in [2.45, 2.75) is 39.3 Å². The number of carbonyl (C=O) groups excluding carboxylic acids is 1. The summed E-state index contributed by atoms with van der Waals surface area (Å²) < 4.78 is 0. The first-order chi connectivity index (χ1) is 13.0. The van der Waals surface area contributed by atoms with Crippen molar-refractivity contribution in [3.8, 4) is 0 Å². The zero-order chi connectivity index (χ0) is 19.2. The minimum atomic E-state index is 0.0955. The molecule has 1 amide bonds. The Bertz CT molecular complexity index is 694. The topological polar surface area (TPSA) is 35.6 Å². The van der Waals surface area contributed by atoms with Crippen molar-refractivity contribution >= 4 is 22.9 Å². The predicted molar refractivity (Wildman–Crippen MR) is 114 cm³/mol. The van der Waals surface area contributed by atoms with E-state index in [2.05, 4.69) is 83.7 Å². The van der Waals surface area contributed by atoms with Crippen LogP contribution in [0.25, 0.3) is 0 Å². The molecule has 146 valence electrons. The average molecular weight is 386 g/mol. The molecule has 1 N–H and O–H groups in total. The first kappa shape index (κ1) is 19.9. The molecule has 0 aliphatic carbocycles. The van der Waals surface area contributed by atoms with Crippen LogP contribution in [0.15, 0.2) is 47.8 Å². The molecule has 0 saturated carbocycles. The lowest BCUT2D eigenvalue weighted by Crippen LogP contribution is -2.52. The Hall–Kier alpha value is -1.85. The summed E-state index contributed by atoms with van der Waals surface area (Å²) in [7, 11) is 0. The molecular weight excluding hydrogens is 354 g/mol. The molecule has 1 fully saturated rings. The maximum Gasteiger partial charge on any atom is 0.220 e. The van der Waals surface area contributed by atoms with Crippen LogP contribution in [-0.2, 0) is 4.79 Å². The van der Waals surface area contributed by atoms with E-state index in [-0.39, 0.29) is 18.0 Å². The number of piperazine rings is 1. The van der Waals surface area contributed by atoms with Crippen molar-refractivity contribution in [1.29, 1.82) is 0 Å². The van der Waals surface area contributed by atoms with Crippen molar-refractivity contribution in [3.63, 3.8) is 0 Å². The van der Waals surface area contributed by atoms with E-state index in [1.165, 1.54) is 10.6 Å². The average Bonchev–Trinajstić information content (AvgIpc) is 3.16. The Labute approximate surface area is 167 Å². The molecule has 0 bridgehead atoms. The van der Waals surface area contributed by atoms with Gasteiger partial charge in [-0.25, -0.2) is 0 Å². The van der Waals surface area contributed by atoms with Crippen LogP contribution in [-0.4, -0.2) is 43.0 Å². The van der Waals surface area contributed by atoms with Gasteiger partial charge in [-0.15, -0.1) is 11.3 Å². The summed E-state index contributed by atoms with van der Waals surface area (Å²) in [5, 5.41) is 5.38. The zero-order valence-corrected chi connectivity index (χ0v) is 17.4. The number of rotatable bonds is 7. The second kappa shape index (κ2) is 9.38. The smallest absolute Gasteiger partial charge is 0.220 e. The molecule has 5 heteroatoms. The van der Waals surface area contributed by atoms with Crippen LogP contribution in [0.5, 0.6) is 0 Å². The molecular formula is C22H31N3OS. The van der Waals surface area contributed by atoms with Crippen LogP contribution >= 0.6 is 11.3 Å². The van der Waals surface area contributed by atoms with Gasteiger partial charge >= 0.3 is 0 Å². The third kappa shape index (κ3) is 5.33. The number of amides is 1. The van der Waals surface area contributed by atoms with Gasteiger partial charge in [0.15, 0.2) is 0 Å². The first-order valence-corrected chi connectivity index (χ1v) is 10.8. The Morgan fingerprint density at radius 1 is 1.04 bits per heavy atom. The summed E-state index contributed by atoms with van der Waals surface area (Å²) in [5.74, 6) is 0.536. The highest BCUT2D eigenvalue weighted by molar-refractivity contribution is 7.10. The Kier molecular flexibility index (Phi) is 6.91. The van der Waals surface area contributed by atoms with Crippen molar-refractivity contribution in [1.82, 2.24) is 10.2 Å². The molecule has 0 spiro atoms. The van der Waals surface area contributed by atoms with Crippen LogP contribution in [0.2, 0.25) is 0 Å². The molecule has 1 aliphatic rings. The van der Waals surface area contributed by atoms with Crippen LogP contribution in [0.1, 0.15) is 38.1 Å². The largest absolute Gasteiger partial charge is 0.369 e. The zero-order valence-electron chi connectivity index (χ0n) is 16.6. The summed E-state index contributed by atoms with van der Waals surface area (Å²) >= 11 is 1.78. The van der Waals surface area contributed by atoms with Gasteiger partial charge in [0.25, 0.3) is 0 Å². The molecule has 1 aromatic heterocycles. The van der Waals surface area contributed by atoms with Gasteiger partial charge in [-0.1, -0.05) is 38.1 Å². The highest BCUT2D eigenvalue weighted by Gasteiger charge is 2.30. The second-order valence-electron chi connectivity index (χ2n) is 7.77. The molecule has 2 unspecified atom stereocenters. The molecule has 27 heavy (non-hydrogen) atoms. The van der Waals surface area contributed by atoms with Crippen LogP contribution < -0.4 is 10.2 Å². The van der Waals surface area contributed by atoms with E-state index in [9.17, 15) is 4.79 Å². The third-order valence-electron chi connectivity index (χ3n) is 5.12. The molecule has 4 nitrogen and oxygen atoms in total. The molecule has 1 saturated heterocycles. The maximum absolute atomic E-state index is 12.3. The van der Waals surface area contributed by atoms with Gasteiger partial charge in [0.1, 0.15) is 0 Å². The first-order valence-electron chi connectivity index (χ1n) is 9.91. The number of hydrogen-bond donors (Lipinski definition) is 1. The van der Waals surface area contributed by atoms with Gasteiger partial charge in [0.05, 0.1) is 6.04 Å². The molecule has 0 radical (unpaired) electrons. The lowest BCUT2D eigenvalue weighted by atomic mass is 10.0. The normalized spacial score (nSPS) is 17.7. The van der Waals surface area contributed by atoms with E-state index >= 15 is 0 Å². The molecule has 3 rings (SSSR count). The van der Waals surface area contributed by atoms with Gasteiger partial charge in [0.2, 0.25) is 5.91 Å². The number of carbonyl (C=O) groups is 1. The monoisotopic (exact) mass is 385 g/mol. The molecule has 1 aliphatic heterocycles. The second-order valence-corrected chi connectivity index (χ2v) is 8.75. The summed E-state index contributed by atoms with van der Waals surface area (Å²) in [6, 6.07) is 15.3. The van der Waals surface area contributed by atoms with E-state index in [4.69, 9.17) is 0 Å². The molecule has 1 aromatic carbocycles. The lowest BCUT2D eigenvalue weighted by Gasteiger charge is -2.42. The Morgan fingerprint density at radius 3 is 2.33 bits per heavy atom. The number of benzene rings is 1. The predicted octanol–water partition coefficient (Wildman–Crippen LogP) is 4.16. The van der Waals surface area contributed by atoms with Gasteiger partial charge in [-0.2, -0.15) is 0 Å². The number of hydrogen-bond acceptors (Lipinski definition) is 4. The number of nitrogens with one attached hydrogen (secondary N) is 1. The van der Waals surface area contributed by atoms with E-state index in [0.29, 0.717) is 12.3 Å². The van der Waals surface area contributed by atoms with Crippen molar-refractivity contribution in [2.24, 2.45) is 5.92 Å². The fourth-order valence-electron chi connectivity index (χ4n) is 3.86. The van der Waals surface area contributed by atoms with E-state index in [1.54, 1.807) is 11.3 Å². The fourth-order valence-corrected chi connectivity index (χ4v) is 4.83. The number of nitrogens with zero attached hydrogens (tertiary/aromatic N) is 2. The van der Waals surface area contributed by atoms with Crippen molar-refractivity contribution < 1.29 is 4.79 Å². The van der Waals surface area contributed by atoms with Crippen molar-refractivity contribution in [2.75, 3.05) is 31.1 Å². The van der Waals surface area contributed by atoms with Crippen molar-refractivity contribution in [3.05, 3.63) is 52.7 Å². The SMILES string of the molecule is CC(C)CC(=O)NC(C)C(c1cccs1)N1CCN(c2ccccc2)CC1. The Balaban J connectivity index is 1.67.